The highest BCUT2D eigenvalue weighted by molar-refractivity contribution is 5.73. The third-order valence-corrected chi connectivity index (χ3v) is 7.69. The summed E-state index contributed by atoms with van der Waals surface area (Å²) < 4.78 is 34.1. The van der Waals surface area contributed by atoms with E-state index in [0.717, 1.165) is 63.1 Å². The molecule has 0 atom stereocenters. The van der Waals surface area contributed by atoms with Gasteiger partial charge >= 0.3 is 6.09 Å². The molecule has 7 heteroatoms. The molecule has 2 fully saturated rings. The Morgan fingerprint density at radius 1 is 1.03 bits per heavy atom. The average Bonchev–Trinajstić information content (AvgIpc) is 3.13. The Morgan fingerprint density at radius 3 is 2.45 bits per heavy atom. The summed E-state index contributed by atoms with van der Waals surface area (Å²) in [6.45, 7) is 6.19. The molecule has 1 spiro atoms. The van der Waals surface area contributed by atoms with Gasteiger partial charge in [-0.2, -0.15) is 0 Å². The number of ether oxygens (including phenoxy) is 1. The first-order valence-corrected chi connectivity index (χ1v) is 12.0. The summed E-state index contributed by atoms with van der Waals surface area (Å²) >= 11 is 0. The number of hydrogen-bond acceptors (Lipinski definition) is 4. The SMILES string of the molecule is CCOC(=O)N1CCC(N2CCC3(CC2)CN(c2ccccc2F)c2ccc(F)cc23)CC1. The number of rotatable bonds is 3. The molecule has 33 heavy (non-hydrogen) atoms. The molecule has 176 valence electrons. The lowest BCUT2D eigenvalue weighted by Crippen LogP contribution is -2.52. The smallest absolute Gasteiger partial charge is 0.409 e. The van der Waals surface area contributed by atoms with Crippen molar-refractivity contribution in [2.75, 3.05) is 44.2 Å². The summed E-state index contributed by atoms with van der Waals surface area (Å²) in [5, 5.41) is 0. The molecule has 5 nitrogen and oxygen atoms in total. The van der Waals surface area contributed by atoms with Gasteiger partial charge in [0.25, 0.3) is 0 Å². The standard InChI is InChI=1S/C26H31F2N3O2/c1-2-33-25(32)30-13-9-20(10-14-30)29-15-11-26(12-16-29)18-31(24-6-4-3-5-22(24)28)23-8-7-19(27)17-21(23)26/h3-8,17,20H,2,9-16,18H2,1H3. The summed E-state index contributed by atoms with van der Waals surface area (Å²) in [5.74, 6) is -0.493. The number of carbonyl (C=O) groups excluding carboxylic acids is 1. The number of para-hydroxylation sites is 1. The van der Waals surface area contributed by atoms with Crippen molar-refractivity contribution < 1.29 is 18.3 Å². The van der Waals surface area contributed by atoms with Gasteiger partial charge in [-0.15, -0.1) is 0 Å². The van der Waals surface area contributed by atoms with Gasteiger partial charge in [-0.05, 0) is 81.6 Å². The molecule has 2 saturated heterocycles. The first-order chi connectivity index (χ1) is 16.0. The van der Waals surface area contributed by atoms with Gasteiger partial charge in [0.05, 0.1) is 12.3 Å². The molecule has 2 aromatic carbocycles. The first kappa shape index (κ1) is 22.1. The van der Waals surface area contributed by atoms with Crippen LogP contribution < -0.4 is 4.90 Å². The number of anilines is 2. The Balaban J connectivity index is 1.30. The summed E-state index contributed by atoms with van der Waals surface area (Å²) in [4.78, 5) is 18.3. The quantitative estimate of drug-likeness (QED) is 0.647. The van der Waals surface area contributed by atoms with E-state index in [-0.39, 0.29) is 23.1 Å². The maximum Gasteiger partial charge on any atom is 0.409 e. The minimum Gasteiger partial charge on any atom is -0.450 e. The largest absolute Gasteiger partial charge is 0.450 e. The second-order valence-electron chi connectivity index (χ2n) is 9.43. The maximum atomic E-state index is 14.7. The third-order valence-electron chi connectivity index (χ3n) is 7.69. The van der Waals surface area contributed by atoms with E-state index in [1.807, 2.05) is 17.9 Å². The summed E-state index contributed by atoms with van der Waals surface area (Å²) in [6, 6.07) is 12.2. The molecule has 0 bridgehead atoms. The van der Waals surface area contributed by atoms with E-state index in [0.29, 0.717) is 24.9 Å². The predicted molar refractivity (Wildman–Crippen MR) is 124 cm³/mol. The molecule has 0 unspecified atom stereocenters. The molecule has 3 aliphatic heterocycles. The molecule has 2 aromatic rings. The van der Waals surface area contributed by atoms with Crippen molar-refractivity contribution in [1.29, 1.82) is 0 Å². The van der Waals surface area contributed by atoms with Crippen LogP contribution in [-0.4, -0.2) is 61.3 Å². The number of piperidine rings is 2. The molecule has 3 aliphatic rings. The number of likely N-dealkylation sites (tertiary alicyclic amines) is 2. The number of halogens is 2. The Kier molecular flexibility index (Phi) is 5.99. The number of fused-ring (bicyclic) bond motifs is 2. The summed E-state index contributed by atoms with van der Waals surface area (Å²) in [6.07, 6.45) is 3.49. The van der Waals surface area contributed by atoms with Crippen LogP contribution in [0.25, 0.3) is 0 Å². The Morgan fingerprint density at radius 2 is 1.76 bits per heavy atom. The molecule has 0 N–H and O–H groups in total. The van der Waals surface area contributed by atoms with Gasteiger partial charge in [0.15, 0.2) is 0 Å². The van der Waals surface area contributed by atoms with Gasteiger partial charge in [-0.3, -0.25) is 0 Å². The zero-order chi connectivity index (χ0) is 23.0. The maximum absolute atomic E-state index is 14.7. The van der Waals surface area contributed by atoms with E-state index < -0.39 is 0 Å². The van der Waals surface area contributed by atoms with Crippen LogP contribution in [0.1, 0.15) is 38.2 Å². The third kappa shape index (κ3) is 4.07. The highest BCUT2D eigenvalue weighted by Crippen LogP contribution is 2.50. The second-order valence-corrected chi connectivity index (χ2v) is 9.43. The van der Waals surface area contributed by atoms with Crippen LogP contribution in [0.4, 0.5) is 25.0 Å². The lowest BCUT2D eigenvalue weighted by Gasteiger charge is -2.45. The monoisotopic (exact) mass is 455 g/mol. The minimum atomic E-state index is -0.254. The van der Waals surface area contributed by atoms with E-state index in [2.05, 4.69) is 4.90 Å². The van der Waals surface area contributed by atoms with Gasteiger partial charge in [0.2, 0.25) is 0 Å². The molecule has 1 amide bonds. The number of carbonyl (C=O) groups is 1. The van der Waals surface area contributed by atoms with Crippen molar-refractivity contribution in [1.82, 2.24) is 9.80 Å². The van der Waals surface area contributed by atoms with Gasteiger partial charge in [-0.1, -0.05) is 12.1 Å². The molecular weight excluding hydrogens is 424 g/mol. The normalized spacial score (nSPS) is 20.8. The first-order valence-electron chi connectivity index (χ1n) is 12.0. The van der Waals surface area contributed by atoms with E-state index in [9.17, 15) is 13.6 Å². The van der Waals surface area contributed by atoms with Gasteiger partial charge in [0.1, 0.15) is 11.6 Å². The average molecular weight is 456 g/mol. The van der Waals surface area contributed by atoms with E-state index in [1.165, 1.54) is 12.1 Å². The van der Waals surface area contributed by atoms with Gasteiger partial charge in [0, 0.05) is 36.8 Å². The summed E-state index contributed by atoms with van der Waals surface area (Å²) in [7, 11) is 0. The van der Waals surface area contributed by atoms with Crippen molar-refractivity contribution in [3.63, 3.8) is 0 Å². The van der Waals surface area contributed by atoms with Gasteiger partial charge in [-0.25, -0.2) is 13.6 Å². The number of amides is 1. The number of nitrogens with zero attached hydrogens (tertiary/aromatic N) is 3. The van der Waals surface area contributed by atoms with E-state index >= 15 is 0 Å². The topological polar surface area (TPSA) is 36.0 Å². The fourth-order valence-electron chi connectivity index (χ4n) is 5.90. The van der Waals surface area contributed by atoms with Crippen molar-refractivity contribution >= 4 is 17.5 Å². The Labute approximate surface area is 193 Å². The molecule has 5 rings (SSSR count). The lowest BCUT2D eigenvalue weighted by atomic mass is 9.74. The predicted octanol–water partition coefficient (Wildman–Crippen LogP) is 5.07. The van der Waals surface area contributed by atoms with E-state index in [4.69, 9.17) is 4.74 Å². The van der Waals surface area contributed by atoms with E-state index in [1.54, 1.807) is 29.2 Å². The number of hydrogen-bond donors (Lipinski definition) is 0. The highest BCUT2D eigenvalue weighted by atomic mass is 19.1. The highest BCUT2D eigenvalue weighted by Gasteiger charge is 2.46. The van der Waals surface area contributed by atoms with Crippen molar-refractivity contribution in [2.45, 2.75) is 44.1 Å². The van der Waals surface area contributed by atoms with Crippen LogP contribution in [0.15, 0.2) is 42.5 Å². The van der Waals surface area contributed by atoms with Gasteiger partial charge < -0.3 is 19.4 Å². The van der Waals surface area contributed by atoms with Crippen LogP contribution in [0.5, 0.6) is 0 Å². The fourth-order valence-corrected chi connectivity index (χ4v) is 5.90. The molecular formula is C26H31F2N3O2. The summed E-state index contributed by atoms with van der Waals surface area (Å²) in [5.41, 5.74) is 2.29. The Bertz CT molecular complexity index is 1010. The van der Waals surface area contributed by atoms with Crippen LogP contribution in [-0.2, 0) is 10.2 Å². The lowest BCUT2D eigenvalue weighted by molar-refractivity contribution is 0.0581. The van der Waals surface area contributed by atoms with Crippen molar-refractivity contribution in [3.05, 3.63) is 59.7 Å². The molecule has 3 heterocycles. The second kappa shape index (κ2) is 8.93. The molecule has 0 aliphatic carbocycles. The van der Waals surface area contributed by atoms with Crippen molar-refractivity contribution in [3.8, 4) is 0 Å². The molecule has 0 aromatic heterocycles. The molecule has 0 radical (unpaired) electrons. The van der Waals surface area contributed by atoms with Crippen LogP contribution in [0, 0.1) is 11.6 Å². The zero-order valence-corrected chi connectivity index (χ0v) is 19.1. The Hall–Kier alpha value is -2.67. The number of benzene rings is 2. The zero-order valence-electron chi connectivity index (χ0n) is 19.1. The fraction of sp³-hybridized carbons (Fsp3) is 0.500. The van der Waals surface area contributed by atoms with Crippen molar-refractivity contribution in [2.24, 2.45) is 0 Å². The van der Waals surface area contributed by atoms with Crippen LogP contribution >= 0.6 is 0 Å². The minimum absolute atomic E-state index is 0.179. The van der Waals surface area contributed by atoms with Crippen LogP contribution in [0.3, 0.4) is 0 Å². The molecule has 0 saturated carbocycles. The van der Waals surface area contributed by atoms with Crippen LogP contribution in [0.2, 0.25) is 0 Å².